The van der Waals surface area contributed by atoms with Crippen molar-refractivity contribution < 1.29 is 9.31 Å². The maximum atomic E-state index is 6.29. The van der Waals surface area contributed by atoms with E-state index in [1.165, 1.54) is 17.0 Å². The summed E-state index contributed by atoms with van der Waals surface area (Å²) in [6.45, 7) is 4.52. The normalized spacial score (nSPS) is 18.9. The largest absolute Gasteiger partial charge is 0.496 e. The fourth-order valence-corrected chi connectivity index (χ4v) is 4.00. The smallest absolute Gasteiger partial charge is 0.209 e. The van der Waals surface area contributed by atoms with Crippen LogP contribution in [0.25, 0.3) is 6.08 Å². The molecule has 0 aromatic heterocycles. The van der Waals surface area contributed by atoms with Crippen LogP contribution in [-0.4, -0.2) is 38.5 Å². The average Bonchev–Trinajstić information content (AvgIpc) is 2.87. The molecule has 27 heavy (non-hydrogen) atoms. The van der Waals surface area contributed by atoms with E-state index in [0.29, 0.717) is 0 Å². The van der Waals surface area contributed by atoms with Crippen LogP contribution in [0.4, 0.5) is 11.4 Å². The number of hydrogen-bond acceptors (Lipinski definition) is 2. The fraction of sp³-hybridized carbons (Fsp3) is 0.348. The number of benzene rings is 2. The van der Waals surface area contributed by atoms with Crippen LogP contribution in [0.1, 0.15) is 31.4 Å². The summed E-state index contributed by atoms with van der Waals surface area (Å²) in [4.78, 5) is 2.07. The summed E-state index contributed by atoms with van der Waals surface area (Å²) in [7, 11) is 7.90. The number of nitrogens with zero attached hydrogens (tertiary/aromatic N) is 2. The Hall–Kier alpha value is -2.26. The van der Waals surface area contributed by atoms with Crippen LogP contribution in [0.2, 0.25) is 5.02 Å². The summed E-state index contributed by atoms with van der Waals surface area (Å²) in [5, 5.41) is 0.785. The molecule has 1 unspecified atom stereocenters. The van der Waals surface area contributed by atoms with Crippen molar-refractivity contribution in [3.8, 4) is 5.75 Å². The Morgan fingerprint density at radius 3 is 2.52 bits per heavy atom. The maximum absolute atomic E-state index is 6.29. The Labute approximate surface area is 167 Å². The molecule has 1 aliphatic rings. The molecule has 4 heteroatoms. The van der Waals surface area contributed by atoms with Gasteiger partial charge in [0.2, 0.25) is 5.69 Å². The Kier molecular flexibility index (Phi) is 5.34. The van der Waals surface area contributed by atoms with Crippen LogP contribution < -0.4 is 9.64 Å². The lowest BCUT2D eigenvalue weighted by molar-refractivity contribution is -0.401. The lowest BCUT2D eigenvalue weighted by Crippen LogP contribution is -2.29. The topological polar surface area (TPSA) is 15.5 Å². The van der Waals surface area contributed by atoms with Gasteiger partial charge in [-0.1, -0.05) is 18.5 Å². The number of ether oxygens (including phenoxy) is 1. The molecule has 3 rings (SSSR count). The van der Waals surface area contributed by atoms with Crippen LogP contribution in [-0.2, 0) is 5.41 Å². The van der Waals surface area contributed by atoms with Crippen molar-refractivity contribution in [2.75, 3.05) is 33.2 Å². The van der Waals surface area contributed by atoms with Crippen molar-refractivity contribution in [3.05, 3.63) is 58.6 Å². The third-order valence-corrected chi connectivity index (χ3v) is 5.94. The monoisotopic (exact) mass is 383 g/mol. The van der Waals surface area contributed by atoms with Crippen LogP contribution in [0.3, 0.4) is 0 Å². The number of hydrogen-bond donors (Lipinski definition) is 0. The van der Waals surface area contributed by atoms with Crippen LogP contribution in [0, 0.1) is 0 Å². The molecule has 0 bridgehead atoms. The van der Waals surface area contributed by atoms with Gasteiger partial charge in [-0.05, 0) is 43.7 Å². The highest BCUT2D eigenvalue weighted by Gasteiger charge is 2.45. The molecule has 0 saturated carbocycles. The molecular formula is C23H28ClN2O+. The summed E-state index contributed by atoms with van der Waals surface area (Å²) in [5.74, 6) is 0.873. The molecule has 0 aliphatic carbocycles. The Morgan fingerprint density at radius 2 is 1.89 bits per heavy atom. The van der Waals surface area contributed by atoms with Gasteiger partial charge < -0.3 is 9.64 Å². The molecular weight excluding hydrogens is 356 g/mol. The molecule has 1 heterocycles. The molecule has 1 aliphatic heterocycles. The Morgan fingerprint density at radius 1 is 1.15 bits per heavy atom. The number of anilines is 1. The molecule has 0 amide bonds. The van der Waals surface area contributed by atoms with Gasteiger partial charge in [-0.2, -0.15) is 4.58 Å². The molecule has 1 atom stereocenters. The van der Waals surface area contributed by atoms with Crippen LogP contribution in [0.5, 0.6) is 5.75 Å². The van der Waals surface area contributed by atoms with E-state index in [9.17, 15) is 0 Å². The van der Waals surface area contributed by atoms with Gasteiger partial charge in [-0.15, -0.1) is 0 Å². The van der Waals surface area contributed by atoms with E-state index in [1.54, 1.807) is 7.11 Å². The molecule has 0 spiro atoms. The standard InChI is InChI=1S/C23H28ClN2O/c1-7-23(2)19-14-17(24)10-12-20(19)26(5)22(23)13-9-16-8-11-18(25(3)4)15-21(16)27-6/h8-15H,7H2,1-6H3/q+1. The van der Waals surface area contributed by atoms with Gasteiger partial charge in [-0.3, -0.25) is 0 Å². The Bertz CT molecular complexity index is 930. The van der Waals surface area contributed by atoms with Crippen molar-refractivity contribution in [3.63, 3.8) is 0 Å². The van der Waals surface area contributed by atoms with E-state index in [-0.39, 0.29) is 5.41 Å². The third-order valence-electron chi connectivity index (χ3n) is 5.70. The van der Waals surface area contributed by atoms with E-state index in [2.05, 4.69) is 72.9 Å². The van der Waals surface area contributed by atoms with Crippen molar-refractivity contribution in [2.24, 2.45) is 0 Å². The summed E-state index contributed by atoms with van der Waals surface area (Å²) in [5.41, 5.74) is 5.89. The fourth-order valence-electron chi connectivity index (χ4n) is 3.83. The first kappa shape index (κ1) is 19.5. The van der Waals surface area contributed by atoms with Crippen molar-refractivity contribution >= 4 is 34.8 Å². The number of fused-ring (bicyclic) bond motifs is 1. The first-order chi connectivity index (χ1) is 12.8. The molecule has 2 aromatic rings. The predicted octanol–water partition coefficient (Wildman–Crippen LogP) is 5.52. The summed E-state index contributed by atoms with van der Waals surface area (Å²) in [6, 6.07) is 12.5. The van der Waals surface area contributed by atoms with Crippen molar-refractivity contribution in [1.82, 2.24) is 0 Å². The average molecular weight is 384 g/mol. The Balaban J connectivity index is 2.04. The lowest BCUT2D eigenvalue weighted by Gasteiger charge is -2.20. The second kappa shape index (κ2) is 7.40. The van der Waals surface area contributed by atoms with Crippen LogP contribution in [0.15, 0.2) is 42.5 Å². The summed E-state index contributed by atoms with van der Waals surface area (Å²) < 4.78 is 7.89. The zero-order valence-corrected chi connectivity index (χ0v) is 17.8. The summed E-state index contributed by atoms with van der Waals surface area (Å²) in [6.07, 6.45) is 5.36. The quantitative estimate of drug-likeness (QED) is 0.631. The molecule has 0 N–H and O–H groups in total. The first-order valence-corrected chi connectivity index (χ1v) is 9.64. The zero-order chi connectivity index (χ0) is 19.8. The highest BCUT2D eigenvalue weighted by Crippen LogP contribution is 2.43. The number of halogens is 1. The van der Waals surface area contributed by atoms with Crippen molar-refractivity contribution in [1.29, 1.82) is 0 Å². The van der Waals surface area contributed by atoms with Gasteiger partial charge in [0, 0.05) is 54.1 Å². The molecule has 0 fully saturated rings. The second-order valence-corrected chi connectivity index (χ2v) is 7.88. The number of allylic oxidation sites excluding steroid dienone is 1. The molecule has 3 nitrogen and oxygen atoms in total. The van der Waals surface area contributed by atoms with Crippen molar-refractivity contribution in [2.45, 2.75) is 25.7 Å². The van der Waals surface area contributed by atoms with Gasteiger partial charge in [0.15, 0.2) is 5.71 Å². The summed E-state index contributed by atoms with van der Waals surface area (Å²) >= 11 is 6.29. The van der Waals surface area contributed by atoms with Crippen LogP contribution >= 0.6 is 11.6 Å². The molecule has 142 valence electrons. The van der Waals surface area contributed by atoms with Gasteiger partial charge in [0.25, 0.3) is 0 Å². The minimum absolute atomic E-state index is 0.0672. The number of rotatable bonds is 5. The van der Waals surface area contributed by atoms with E-state index in [0.717, 1.165) is 28.4 Å². The minimum atomic E-state index is -0.0672. The van der Waals surface area contributed by atoms with E-state index in [4.69, 9.17) is 16.3 Å². The first-order valence-electron chi connectivity index (χ1n) is 9.26. The number of methoxy groups -OCH3 is 1. The van der Waals surface area contributed by atoms with Gasteiger partial charge in [-0.25, -0.2) is 0 Å². The van der Waals surface area contributed by atoms with E-state index in [1.807, 2.05) is 20.2 Å². The van der Waals surface area contributed by atoms with Gasteiger partial charge in [0.05, 0.1) is 12.5 Å². The SMILES string of the molecule is CCC1(C)C(/C=C/c2ccc(N(C)C)cc2OC)=[N+](C)c2ccc(Cl)cc21. The predicted molar refractivity (Wildman–Crippen MR) is 116 cm³/mol. The highest BCUT2D eigenvalue weighted by molar-refractivity contribution is 6.30. The minimum Gasteiger partial charge on any atom is -0.496 e. The second-order valence-electron chi connectivity index (χ2n) is 7.45. The van der Waals surface area contributed by atoms with Gasteiger partial charge >= 0.3 is 0 Å². The van der Waals surface area contributed by atoms with E-state index < -0.39 is 0 Å². The lowest BCUT2D eigenvalue weighted by atomic mass is 9.77. The van der Waals surface area contributed by atoms with Gasteiger partial charge in [0.1, 0.15) is 12.8 Å². The molecule has 0 saturated heterocycles. The maximum Gasteiger partial charge on any atom is 0.209 e. The molecule has 2 aromatic carbocycles. The highest BCUT2D eigenvalue weighted by atomic mass is 35.5. The zero-order valence-electron chi connectivity index (χ0n) is 17.0. The molecule has 0 radical (unpaired) electrons. The third kappa shape index (κ3) is 3.37. The van der Waals surface area contributed by atoms with E-state index >= 15 is 0 Å².